The number of amides is 1. The lowest BCUT2D eigenvalue weighted by Crippen LogP contribution is -2.31. The molecule has 1 N–H and O–H groups in total. The van der Waals surface area contributed by atoms with E-state index < -0.39 is 0 Å². The van der Waals surface area contributed by atoms with Crippen LogP contribution in [0.3, 0.4) is 0 Å². The molecule has 25 heavy (non-hydrogen) atoms. The smallest absolute Gasteiger partial charge is 0.272 e. The predicted octanol–water partition coefficient (Wildman–Crippen LogP) is 4.58. The van der Waals surface area contributed by atoms with Crippen LogP contribution in [-0.4, -0.2) is 22.2 Å². The average Bonchev–Trinajstić information content (AvgIpc) is 3.07. The molecule has 2 fully saturated rings. The van der Waals surface area contributed by atoms with Crippen molar-refractivity contribution in [2.24, 2.45) is 5.92 Å². The first-order valence-electron chi connectivity index (χ1n) is 10.7. The number of aromatic nitrogens is 2. The maximum absolute atomic E-state index is 12.9. The van der Waals surface area contributed by atoms with Gasteiger partial charge in [-0.1, -0.05) is 38.5 Å². The lowest BCUT2D eigenvalue weighted by Gasteiger charge is -2.25. The zero-order chi connectivity index (χ0) is 17.1. The number of rotatable bonds is 4. The first kappa shape index (κ1) is 17.1. The Morgan fingerprint density at radius 2 is 1.60 bits per heavy atom. The molecular formula is C21H33N3O. The summed E-state index contributed by atoms with van der Waals surface area (Å²) >= 11 is 0. The average molecular weight is 344 g/mol. The first-order chi connectivity index (χ1) is 12.3. The summed E-state index contributed by atoms with van der Waals surface area (Å²) < 4.78 is 2.27. The Morgan fingerprint density at radius 3 is 2.36 bits per heavy atom. The van der Waals surface area contributed by atoms with Crippen LogP contribution < -0.4 is 5.32 Å². The van der Waals surface area contributed by atoms with Gasteiger partial charge in [0, 0.05) is 17.8 Å². The quantitative estimate of drug-likeness (QED) is 0.870. The van der Waals surface area contributed by atoms with E-state index in [1.165, 1.54) is 88.3 Å². The molecule has 0 saturated heterocycles. The van der Waals surface area contributed by atoms with E-state index in [1.807, 2.05) is 0 Å². The van der Waals surface area contributed by atoms with Crippen LogP contribution in [0.4, 0.5) is 0 Å². The molecule has 0 aliphatic heterocycles. The number of carbonyl (C=O) groups excluding carboxylic acids is 1. The van der Waals surface area contributed by atoms with Gasteiger partial charge < -0.3 is 5.32 Å². The van der Waals surface area contributed by atoms with Crippen LogP contribution in [0.1, 0.15) is 105 Å². The lowest BCUT2D eigenvalue weighted by atomic mass is 9.89. The van der Waals surface area contributed by atoms with Crippen molar-refractivity contribution < 1.29 is 4.79 Å². The van der Waals surface area contributed by atoms with Gasteiger partial charge in [-0.15, -0.1) is 0 Å². The van der Waals surface area contributed by atoms with E-state index in [-0.39, 0.29) is 5.91 Å². The summed E-state index contributed by atoms with van der Waals surface area (Å²) in [6.45, 7) is 0.837. The Bertz CT molecular complexity index is 595. The van der Waals surface area contributed by atoms with E-state index in [2.05, 4.69) is 10.00 Å². The molecule has 2 saturated carbocycles. The summed E-state index contributed by atoms with van der Waals surface area (Å²) in [5, 5.41) is 8.10. The molecule has 3 aliphatic rings. The Labute approximate surface area is 151 Å². The molecule has 1 amide bonds. The van der Waals surface area contributed by atoms with E-state index in [0.717, 1.165) is 25.1 Å². The van der Waals surface area contributed by atoms with Gasteiger partial charge >= 0.3 is 0 Å². The van der Waals surface area contributed by atoms with Gasteiger partial charge in [0.05, 0.1) is 6.04 Å². The normalized spacial score (nSPS) is 22.6. The monoisotopic (exact) mass is 343 g/mol. The van der Waals surface area contributed by atoms with Crippen LogP contribution in [0.2, 0.25) is 0 Å². The molecule has 1 aromatic rings. The van der Waals surface area contributed by atoms with Crippen LogP contribution in [0, 0.1) is 5.92 Å². The third-order valence-corrected chi connectivity index (χ3v) is 6.62. The van der Waals surface area contributed by atoms with Gasteiger partial charge in [-0.2, -0.15) is 5.10 Å². The largest absolute Gasteiger partial charge is 0.350 e. The Balaban J connectivity index is 1.49. The van der Waals surface area contributed by atoms with Crippen LogP contribution in [0.15, 0.2) is 0 Å². The molecule has 1 aromatic heterocycles. The number of fused-ring (bicyclic) bond motifs is 1. The van der Waals surface area contributed by atoms with Gasteiger partial charge in [-0.05, 0) is 57.3 Å². The van der Waals surface area contributed by atoms with Crippen LogP contribution >= 0.6 is 0 Å². The third-order valence-electron chi connectivity index (χ3n) is 6.62. The molecule has 0 spiro atoms. The molecule has 0 aromatic carbocycles. The molecule has 3 aliphatic carbocycles. The summed E-state index contributed by atoms with van der Waals surface area (Å²) in [5.74, 6) is 0.757. The van der Waals surface area contributed by atoms with Crippen molar-refractivity contribution in [1.29, 1.82) is 0 Å². The molecular weight excluding hydrogens is 310 g/mol. The zero-order valence-electron chi connectivity index (χ0n) is 15.6. The van der Waals surface area contributed by atoms with Gasteiger partial charge in [-0.25, -0.2) is 0 Å². The minimum Gasteiger partial charge on any atom is -0.350 e. The van der Waals surface area contributed by atoms with Gasteiger partial charge in [-0.3, -0.25) is 9.48 Å². The standard InChI is InChI=1S/C21H33N3O/c25-21(22-15-16-9-3-1-4-10-16)20-18-13-7-8-14-19(18)24(23-20)17-11-5-2-6-12-17/h16-17H,1-15H2,(H,22,25). The number of hydrogen-bond acceptors (Lipinski definition) is 2. The maximum atomic E-state index is 12.9. The number of carbonyl (C=O) groups is 1. The lowest BCUT2D eigenvalue weighted by molar-refractivity contribution is 0.0936. The van der Waals surface area contributed by atoms with Crippen molar-refractivity contribution in [3.63, 3.8) is 0 Å². The van der Waals surface area contributed by atoms with Gasteiger partial charge in [0.2, 0.25) is 0 Å². The second-order valence-electron chi connectivity index (χ2n) is 8.43. The van der Waals surface area contributed by atoms with E-state index in [4.69, 9.17) is 5.10 Å². The highest BCUT2D eigenvalue weighted by atomic mass is 16.1. The van der Waals surface area contributed by atoms with E-state index in [9.17, 15) is 4.79 Å². The summed E-state index contributed by atoms with van der Waals surface area (Å²) in [6.07, 6.45) is 17.6. The van der Waals surface area contributed by atoms with Crippen LogP contribution in [0.25, 0.3) is 0 Å². The number of nitrogens with zero attached hydrogens (tertiary/aromatic N) is 2. The maximum Gasteiger partial charge on any atom is 0.272 e. The SMILES string of the molecule is O=C(NCC1CCCCC1)c1nn(C2CCCCC2)c2c1CCCC2. The molecule has 4 nitrogen and oxygen atoms in total. The second-order valence-corrected chi connectivity index (χ2v) is 8.43. The zero-order valence-corrected chi connectivity index (χ0v) is 15.6. The molecule has 0 atom stereocenters. The van der Waals surface area contributed by atoms with E-state index in [1.54, 1.807) is 0 Å². The minimum atomic E-state index is 0.0817. The fourth-order valence-corrected chi connectivity index (χ4v) is 5.15. The van der Waals surface area contributed by atoms with Crippen molar-refractivity contribution in [3.05, 3.63) is 17.0 Å². The van der Waals surface area contributed by atoms with Crippen molar-refractivity contribution in [1.82, 2.24) is 15.1 Å². The van der Waals surface area contributed by atoms with Gasteiger partial charge in [0.25, 0.3) is 5.91 Å². The number of hydrogen-bond donors (Lipinski definition) is 1. The topological polar surface area (TPSA) is 46.9 Å². The van der Waals surface area contributed by atoms with Gasteiger partial charge in [0.1, 0.15) is 0 Å². The van der Waals surface area contributed by atoms with Crippen molar-refractivity contribution in [2.45, 2.75) is 95.9 Å². The predicted molar refractivity (Wildman–Crippen MR) is 99.9 cm³/mol. The Morgan fingerprint density at radius 1 is 0.920 bits per heavy atom. The summed E-state index contributed by atoms with van der Waals surface area (Å²) in [5.41, 5.74) is 3.38. The Hall–Kier alpha value is -1.32. The van der Waals surface area contributed by atoms with Crippen LogP contribution in [0.5, 0.6) is 0 Å². The summed E-state index contributed by atoms with van der Waals surface area (Å²) in [4.78, 5) is 12.9. The van der Waals surface area contributed by atoms with Crippen molar-refractivity contribution in [3.8, 4) is 0 Å². The molecule has 4 heteroatoms. The molecule has 138 valence electrons. The van der Waals surface area contributed by atoms with E-state index >= 15 is 0 Å². The minimum absolute atomic E-state index is 0.0817. The van der Waals surface area contributed by atoms with Gasteiger partial charge in [0.15, 0.2) is 5.69 Å². The van der Waals surface area contributed by atoms with Crippen molar-refractivity contribution >= 4 is 5.91 Å². The highest BCUT2D eigenvalue weighted by molar-refractivity contribution is 5.94. The van der Waals surface area contributed by atoms with Crippen LogP contribution in [-0.2, 0) is 12.8 Å². The number of nitrogens with one attached hydrogen (secondary N) is 1. The molecule has 0 bridgehead atoms. The summed E-state index contributed by atoms with van der Waals surface area (Å²) in [6, 6.07) is 0.528. The highest BCUT2D eigenvalue weighted by Gasteiger charge is 2.28. The summed E-state index contributed by atoms with van der Waals surface area (Å²) in [7, 11) is 0. The molecule has 1 heterocycles. The Kier molecular flexibility index (Phi) is 5.42. The highest BCUT2D eigenvalue weighted by Crippen LogP contribution is 2.33. The molecule has 4 rings (SSSR count). The fraction of sp³-hybridized carbons (Fsp3) is 0.810. The third kappa shape index (κ3) is 3.78. The molecule has 0 radical (unpaired) electrons. The molecule has 0 unspecified atom stereocenters. The second kappa shape index (κ2) is 7.92. The van der Waals surface area contributed by atoms with Crippen molar-refractivity contribution in [2.75, 3.05) is 6.54 Å². The first-order valence-corrected chi connectivity index (χ1v) is 10.7. The van der Waals surface area contributed by atoms with E-state index in [0.29, 0.717) is 12.0 Å². The fourth-order valence-electron chi connectivity index (χ4n) is 5.15.